The zero-order valence-corrected chi connectivity index (χ0v) is 11.6. The summed E-state index contributed by atoms with van der Waals surface area (Å²) < 4.78 is 0. The molecule has 3 nitrogen and oxygen atoms in total. The van der Waals surface area contributed by atoms with Gasteiger partial charge in [-0.15, -0.1) is 0 Å². The van der Waals surface area contributed by atoms with Gasteiger partial charge in [0.2, 0.25) is 5.91 Å². The lowest BCUT2D eigenvalue weighted by Crippen LogP contribution is -2.51. The van der Waals surface area contributed by atoms with Gasteiger partial charge in [-0.25, -0.2) is 0 Å². The minimum atomic E-state index is 0.230. The van der Waals surface area contributed by atoms with Crippen LogP contribution in [0.5, 0.6) is 0 Å². The quantitative estimate of drug-likeness (QED) is 0.812. The van der Waals surface area contributed by atoms with Crippen molar-refractivity contribution < 1.29 is 4.79 Å². The summed E-state index contributed by atoms with van der Waals surface area (Å²) in [6.07, 6.45) is 3.40. The molecule has 2 fully saturated rings. The van der Waals surface area contributed by atoms with E-state index in [1.807, 2.05) is 6.07 Å². The first kappa shape index (κ1) is 12.7. The first-order chi connectivity index (χ1) is 9.25. The lowest BCUT2D eigenvalue weighted by atomic mass is 9.83. The van der Waals surface area contributed by atoms with Gasteiger partial charge in [0.15, 0.2) is 0 Å². The lowest BCUT2D eigenvalue weighted by Gasteiger charge is -2.43. The number of rotatable bonds is 2. The van der Waals surface area contributed by atoms with Crippen LogP contribution in [0.1, 0.15) is 30.9 Å². The highest BCUT2D eigenvalue weighted by Crippen LogP contribution is 2.33. The van der Waals surface area contributed by atoms with Crippen molar-refractivity contribution in [3.05, 3.63) is 35.9 Å². The highest BCUT2D eigenvalue weighted by molar-refractivity contribution is 5.80. The van der Waals surface area contributed by atoms with E-state index in [2.05, 4.69) is 41.1 Å². The Bertz CT molecular complexity index is 441. The molecule has 1 amide bonds. The van der Waals surface area contributed by atoms with Gasteiger partial charge in [-0.2, -0.15) is 0 Å². The number of amides is 1. The van der Waals surface area contributed by atoms with Crippen molar-refractivity contribution in [2.75, 3.05) is 26.7 Å². The average Bonchev–Trinajstić information content (AvgIpc) is 2.37. The van der Waals surface area contributed by atoms with Gasteiger partial charge in [0.25, 0.3) is 0 Å². The topological polar surface area (TPSA) is 23.6 Å². The van der Waals surface area contributed by atoms with E-state index in [0.29, 0.717) is 11.8 Å². The van der Waals surface area contributed by atoms with E-state index in [1.54, 1.807) is 0 Å². The van der Waals surface area contributed by atoms with Crippen molar-refractivity contribution in [2.45, 2.75) is 25.3 Å². The third-order valence-corrected chi connectivity index (χ3v) is 4.51. The highest BCUT2D eigenvalue weighted by Gasteiger charge is 2.35. The molecule has 0 bridgehead atoms. The van der Waals surface area contributed by atoms with E-state index in [4.69, 9.17) is 0 Å². The van der Waals surface area contributed by atoms with Crippen LogP contribution in [0.2, 0.25) is 0 Å². The van der Waals surface area contributed by atoms with Gasteiger partial charge in [-0.1, -0.05) is 36.8 Å². The molecule has 1 aliphatic heterocycles. The van der Waals surface area contributed by atoms with Gasteiger partial charge in [-0.05, 0) is 25.5 Å². The summed E-state index contributed by atoms with van der Waals surface area (Å²) in [6, 6.07) is 10.7. The SMILES string of the molecule is CN1CCN(C(=O)C2CCC2)C(c2ccccc2)C1. The van der Waals surface area contributed by atoms with Crippen molar-refractivity contribution >= 4 is 5.91 Å². The third kappa shape index (κ3) is 2.52. The molecule has 1 aromatic rings. The number of nitrogens with zero attached hydrogens (tertiary/aromatic N) is 2. The van der Waals surface area contributed by atoms with Crippen LogP contribution in [0.25, 0.3) is 0 Å². The molecular weight excluding hydrogens is 236 g/mol. The summed E-state index contributed by atoms with van der Waals surface area (Å²) in [4.78, 5) is 17.0. The maximum Gasteiger partial charge on any atom is 0.226 e. The minimum Gasteiger partial charge on any atom is -0.333 e. The third-order valence-electron chi connectivity index (χ3n) is 4.51. The van der Waals surface area contributed by atoms with Crippen molar-refractivity contribution in [2.24, 2.45) is 5.92 Å². The Hall–Kier alpha value is -1.35. The van der Waals surface area contributed by atoms with Crippen LogP contribution in [-0.2, 0) is 4.79 Å². The van der Waals surface area contributed by atoms with Crippen molar-refractivity contribution in [1.29, 1.82) is 0 Å². The number of piperazine rings is 1. The Morgan fingerprint density at radius 3 is 2.53 bits per heavy atom. The fourth-order valence-corrected chi connectivity index (χ4v) is 3.03. The van der Waals surface area contributed by atoms with E-state index in [0.717, 1.165) is 32.5 Å². The average molecular weight is 258 g/mol. The standard InChI is InChI=1S/C16H22N2O/c1-17-10-11-18(16(19)14-8-5-9-14)15(12-17)13-6-3-2-4-7-13/h2-4,6-7,14-15H,5,8-12H2,1H3. The summed E-state index contributed by atoms with van der Waals surface area (Å²) in [7, 11) is 2.14. The molecule has 1 saturated carbocycles. The smallest absolute Gasteiger partial charge is 0.226 e. The second-order valence-corrected chi connectivity index (χ2v) is 5.85. The highest BCUT2D eigenvalue weighted by atomic mass is 16.2. The Kier molecular flexibility index (Phi) is 3.56. The molecule has 0 radical (unpaired) electrons. The monoisotopic (exact) mass is 258 g/mol. The summed E-state index contributed by atoms with van der Waals surface area (Å²) in [6.45, 7) is 2.80. The molecule has 3 heteroatoms. The first-order valence-electron chi connectivity index (χ1n) is 7.29. The Balaban J connectivity index is 1.81. The van der Waals surface area contributed by atoms with Gasteiger partial charge < -0.3 is 9.80 Å². The fraction of sp³-hybridized carbons (Fsp3) is 0.562. The van der Waals surface area contributed by atoms with Gasteiger partial charge in [0, 0.05) is 25.6 Å². The molecule has 1 aromatic carbocycles. The fourth-order valence-electron chi connectivity index (χ4n) is 3.03. The maximum absolute atomic E-state index is 12.6. The molecule has 1 aliphatic carbocycles. The molecule has 102 valence electrons. The molecule has 1 atom stereocenters. The van der Waals surface area contributed by atoms with Crippen LogP contribution in [-0.4, -0.2) is 42.4 Å². The Labute approximate surface area is 115 Å². The molecule has 1 saturated heterocycles. The second kappa shape index (κ2) is 5.33. The minimum absolute atomic E-state index is 0.230. The largest absolute Gasteiger partial charge is 0.333 e. The molecule has 1 unspecified atom stereocenters. The molecule has 0 spiro atoms. The molecule has 2 aliphatic rings. The molecular formula is C16H22N2O. The number of hydrogen-bond donors (Lipinski definition) is 0. The predicted octanol–water partition coefficient (Wildman–Crippen LogP) is 2.30. The summed E-state index contributed by atoms with van der Waals surface area (Å²) in [5, 5.41) is 0. The Morgan fingerprint density at radius 2 is 1.89 bits per heavy atom. The number of carbonyl (C=O) groups excluding carboxylic acids is 1. The molecule has 19 heavy (non-hydrogen) atoms. The van der Waals surface area contributed by atoms with Crippen molar-refractivity contribution in [3.63, 3.8) is 0 Å². The molecule has 1 heterocycles. The Morgan fingerprint density at radius 1 is 1.16 bits per heavy atom. The number of benzene rings is 1. The molecule has 0 N–H and O–H groups in total. The van der Waals surface area contributed by atoms with Crippen LogP contribution in [0.4, 0.5) is 0 Å². The predicted molar refractivity (Wildman–Crippen MR) is 75.7 cm³/mol. The van der Waals surface area contributed by atoms with Crippen LogP contribution >= 0.6 is 0 Å². The van der Waals surface area contributed by atoms with Crippen LogP contribution in [0, 0.1) is 5.92 Å². The van der Waals surface area contributed by atoms with Crippen LogP contribution < -0.4 is 0 Å². The van der Waals surface area contributed by atoms with E-state index in [-0.39, 0.29) is 6.04 Å². The van der Waals surface area contributed by atoms with Crippen molar-refractivity contribution in [1.82, 2.24) is 9.80 Å². The summed E-state index contributed by atoms with van der Waals surface area (Å²) in [5.41, 5.74) is 1.27. The van der Waals surface area contributed by atoms with E-state index in [1.165, 1.54) is 12.0 Å². The van der Waals surface area contributed by atoms with Gasteiger partial charge >= 0.3 is 0 Å². The maximum atomic E-state index is 12.6. The molecule has 3 rings (SSSR count). The first-order valence-corrected chi connectivity index (χ1v) is 7.29. The zero-order valence-electron chi connectivity index (χ0n) is 11.6. The van der Waals surface area contributed by atoms with Gasteiger partial charge in [0.05, 0.1) is 6.04 Å². The van der Waals surface area contributed by atoms with Gasteiger partial charge in [0.1, 0.15) is 0 Å². The molecule has 0 aromatic heterocycles. The van der Waals surface area contributed by atoms with Crippen molar-refractivity contribution in [3.8, 4) is 0 Å². The number of likely N-dealkylation sites (N-methyl/N-ethyl adjacent to an activating group) is 1. The van der Waals surface area contributed by atoms with Crippen LogP contribution in [0.15, 0.2) is 30.3 Å². The second-order valence-electron chi connectivity index (χ2n) is 5.85. The number of carbonyl (C=O) groups is 1. The summed E-state index contributed by atoms with van der Waals surface area (Å²) >= 11 is 0. The van der Waals surface area contributed by atoms with Gasteiger partial charge in [-0.3, -0.25) is 4.79 Å². The zero-order chi connectivity index (χ0) is 13.2. The van der Waals surface area contributed by atoms with E-state index in [9.17, 15) is 4.79 Å². The lowest BCUT2D eigenvalue weighted by molar-refractivity contribution is -0.143. The van der Waals surface area contributed by atoms with Crippen LogP contribution in [0.3, 0.4) is 0 Å². The van der Waals surface area contributed by atoms with E-state index < -0.39 is 0 Å². The summed E-state index contributed by atoms with van der Waals surface area (Å²) in [5.74, 6) is 0.683. The van der Waals surface area contributed by atoms with E-state index >= 15 is 0 Å². The number of hydrogen-bond acceptors (Lipinski definition) is 2. The normalized spacial score (nSPS) is 25.1.